The monoisotopic (exact) mass is 518 g/mol. The number of aryl methyl sites for hydroxylation is 1. The van der Waals surface area contributed by atoms with Gasteiger partial charge in [-0.3, -0.25) is 4.98 Å². The third kappa shape index (κ3) is 5.31. The Bertz CT molecular complexity index is 1290. The molecule has 2 aliphatic rings. The highest BCUT2D eigenvalue weighted by Crippen LogP contribution is 2.38. The van der Waals surface area contributed by atoms with E-state index in [4.69, 9.17) is 14.2 Å². The van der Waals surface area contributed by atoms with Gasteiger partial charge in [-0.15, -0.1) is 11.3 Å². The molecule has 0 unspecified atom stereocenters. The smallest absolute Gasteiger partial charge is 0.223 e. The van der Waals surface area contributed by atoms with Gasteiger partial charge in [0.15, 0.2) is 0 Å². The second kappa shape index (κ2) is 10.5. The molecule has 0 saturated carbocycles. The maximum absolute atomic E-state index is 6.48. The second-order valence-electron chi connectivity index (χ2n) is 9.32. The molecule has 37 heavy (non-hydrogen) atoms. The Balaban J connectivity index is 1.06. The summed E-state index contributed by atoms with van der Waals surface area (Å²) in [5.74, 6) is 0.949. The fraction of sp³-hybridized carbons (Fsp3) is 0.370. The van der Waals surface area contributed by atoms with Crippen molar-refractivity contribution in [2.45, 2.75) is 25.4 Å². The van der Waals surface area contributed by atoms with E-state index in [2.05, 4.69) is 43.0 Å². The third-order valence-electron chi connectivity index (χ3n) is 6.67. The van der Waals surface area contributed by atoms with E-state index in [1.165, 1.54) is 0 Å². The predicted octanol–water partition coefficient (Wildman–Crippen LogP) is 3.72. The largest absolute Gasteiger partial charge is 0.491 e. The molecule has 0 N–H and O–H groups in total. The average Bonchev–Trinajstić information content (AvgIpc) is 3.71. The maximum Gasteiger partial charge on any atom is 0.223 e. The standard InChI is InChI=1S/C27H30N6O3S/c1-21-15-29-16-26(30-21)33-11-9-32(10-12-33)22-4-2-5-23(14-22)34-17-24-18-35-27(36-24,25-6-3-13-37-25)19-31-8-7-28-20-31/h2-8,13-16,20,24H,9-12,17-19H2,1H3/t24-,27+/m1/s1. The molecule has 0 bridgehead atoms. The molecule has 0 amide bonds. The van der Waals surface area contributed by atoms with Gasteiger partial charge in [0.2, 0.25) is 5.79 Å². The highest BCUT2D eigenvalue weighted by Gasteiger charge is 2.44. The summed E-state index contributed by atoms with van der Waals surface area (Å²) >= 11 is 1.63. The minimum atomic E-state index is -0.827. The molecule has 2 fully saturated rings. The van der Waals surface area contributed by atoms with Crippen LogP contribution in [0.5, 0.6) is 5.75 Å². The zero-order chi connectivity index (χ0) is 25.1. The van der Waals surface area contributed by atoms with Crippen LogP contribution < -0.4 is 14.5 Å². The van der Waals surface area contributed by atoms with Gasteiger partial charge in [0.25, 0.3) is 0 Å². The molecule has 6 rings (SSSR count). The van der Waals surface area contributed by atoms with E-state index >= 15 is 0 Å². The molecule has 5 heterocycles. The van der Waals surface area contributed by atoms with Gasteiger partial charge in [-0.1, -0.05) is 12.1 Å². The van der Waals surface area contributed by atoms with Gasteiger partial charge >= 0.3 is 0 Å². The first kappa shape index (κ1) is 23.9. The number of piperazine rings is 1. The number of rotatable bonds is 8. The Morgan fingerprint density at radius 2 is 1.97 bits per heavy atom. The first-order chi connectivity index (χ1) is 18.2. The van der Waals surface area contributed by atoms with Crippen molar-refractivity contribution in [3.8, 4) is 5.75 Å². The van der Waals surface area contributed by atoms with Crippen molar-refractivity contribution >= 4 is 22.8 Å². The van der Waals surface area contributed by atoms with Crippen LogP contribution in [0, 0.1) is 6.92 Å². The van der Waals surface area contributed by atoms with Crippen molar-refractivity contribution in [2.24, 2.45) is 0 Å². The molecule has 192 valence electrons. The minimum Gasteiger partial charge on any atom is -0.491 e. The number of aromatic nitrogens is 4. The van der Waals surface area contributed by atoms with Crippen LogP contribution in [0.2, 0.25) is 0 Å². The first-order valence-corrected chi connectivity index (χ1v) is 13.4. The zero-order valence-electron chi connectivity index (χ0n) is 20.8. The molecule has 0 aliphatic carbocycles. The van der Waals surface area contributed by atoms with Crippen LogP contribution in [0.3, 0.4) is 0 Å². The Hall–Kier alpha value is -3.47. The number of nitrogens with zero attached hydrogens (tertiary/aromatic N) is 6. The van der Waals surface area contributed by atoms with Crippen molar-refractivity contribution in [3.63, 3.8) is 0 Å². The van der Waals surface area contributed by atoms with Gasteiger partial charge in [-0.2, -0.15) is 0 Å². The number of benzene rings is 1. The van der Waals surface area contributed by atoms with Crippen molar-refractivity contribution in [2.75, 3.05) is 49.2 Å². The number of ether oxygens (including phenoxy) is 3. The van der Waals surface area contributed by atoms with Crippen LogP contribution in [0.15, 0.2) is 72.9 Å². The summed E-state index contributed by atoms with van der Waals surface area (Å²) in [4.78, 5) is 18.8. The molecule has 10 heteroatoms. The number of thiophene rings is 1. The van der Waals surface area contributed by atoms with E-state index in [1.54, 1.807) is 30.1 Å². The normalized spacial score (nSPS) is 21.9. The number of hydrogen-bond acceptors (Lipinski definition) is 9. The van der Waals surface area contributed by atoms with Crippen molar-refractivity contribution < 1.29 is 14.2 Å². The number of anilines is 2. The maximum atomic E-state index is 6.48. The summed E-state index contributed by atoms with van der Waals surface area (Å²) in [6.45, 7) is 7.03. The van der Waals surface area contributed by atoms with E-state index in [0.29, 0.717) is 19.8 Å². The molecule has 0 spiro atoms. The van der Waals surface area contributed by atoms with Crippen molar-refractivity contribution in [3.05, 3.63) is 83.5 Å². The van der Waals surface area contributed by atoms with Gasteiger partial charge in [-0.05, 0) is 30.5 Å². The Morgan fingerprint density at radius 1 is 1.08 bits per heavy atom. The Morgan fingerprint density at radius 3 is 2.76 bits per heavy atom. The highest BCUT2D eigenvalue weighted by atomic mass is 32.1. The molecular formula is C27H30N6O3S. The summed E-state index contributed by atoms with van der Waals surface area (Å²) in [6, 6.07) is 12.4. The Labute approximate surface area is 220 Å². The quantitative estimate of drug-likeness (QED) is 0.349. The summed E-state index contributed by atoms with van der Waals surface area (Å²) < 4.78 is 20.9. The van der Waals surface area contributed by atoms with E-state index in [0.717, 1.165) is 54.0 Å². The summed E-state index contributed by atoms with van der Waals surface area (Å²) in [7, 11) is 0. The van der Waals surface area contributed by atoms with Crippen LogP contribution >= 0.6 is 11.3 Å². The lowest BCUT2D eigenvalue weighted by molar-refractivity contribution is -0.186. The fourth-order valence-corrected chi connectivity index (χ4v) is 5.62. The topological polar surface area (TPSA) is 77.8 Å². The molecule has 0 radical (unpaired) electrons. The zero-order valence-corrected chi connectivity index (χ0v) is 21.6. The highest BCUT2D eigenvalue weighted by molar-refractivity contribution is 7.10. The second-order valence-corrected chi connectivity index (χ2v) is 10.3. The minimum absolute atomic E-state index is 0.173. The van der Waals surface area contributed by atoms with E-state index in [1.807, 2.05) is 47.5 Å². The Kier molecular flexibility index (Phi) is 6.77. The third-order valence-corrected chi connectivity index (χ3v) is 7.66. The predicted molar refractivity (Wildman–Crippen MR) is 142 cm³/mol. The lowest BCUT2D eigenvalue weighted by Crippen LogP contribution is -2.46. The van der Waals surface area contributed by atoms with E-state index < -0.39 is 5.79 Å². The first-order valence-electron chi connectivity index (χ1n) is 12.5. The van der Waals surface area contributed by atoms with E-state index in [-0.39, 0.29) is 6.10 Å². The average molecular weight is 519 g/mol. The molecular weight excluding hydrogens is 488 g/mol. The lowest BCUT2D eigenvalue weighted by atomic mass is 10.2. The van der Waals surface area contributed by atoms with Gasteiger partial charge in [0.1, 0.15) is 24.3 Å². The van der Waals surface area contributed by atoms with Crippen LogP contribution in [0.25, 0.3) is 0 Å². The summed E-state index contributed by atoms with van der Waals surface area (Å²) in [5, 5.41) is 2.04. The lowest BCUT2D eigenvalue weighted by Gasteiger charge is -2.36. The van der Waals surface area contributed by atoms with Gasteiger partial charge in [0.05, 0.1) is 36.2 Å². The molecule has 1 aromatic carbocycles. The molecule has 2 atom stereocenters. The molecule has 4 aromatic rings. The van der Waals surface area contributed by atoms with Crippen LogP contribution in [0.1, 0.15) is 10.6 Å². The van der Waals surface area contributed by atoms with Crippen molar-refractivity contribution in [1.82, 2.24) is 19.5 Å². The number of hydrogen-bond donors (Lipinski definition) is 0. The molecule has 3 aromatic heterocycles. The van der Waals surface area contributed by atoms with Crippen LogP contribution in [0.4, 0.5) is 11.5 Å². The van der Waals surface area contributed by atoms with Gasteiger partial charge in [0, 0.05) is 56.5 Å². The molecule has 2 saturated heterocycles. The van der Waals surface area contributed by atoms with Crippen LogP contribution in [-0.4, -0.2) is 65.0 Å². The van der Waals surface area contributed by atoms with Crippen LogP contribution in [-0.2, 0) is 21.8 Å². The fourth-order valence-electron chi connectivity index (χ4n) is 4.81. The SMILES string of the molecule is Cc1cncc(N2CCN(c3cccc(OC[C@@H]4CO[C@](Cn5ccnc5)(c5cccs5)O4)c3)CC2)n1. The van der Waals surface area contributed by atoms with Crippen molar-refractivity contribution in [1.29, 1.82) is 0 Å². The molecule has 9 nitrogen and oxygen atoms in total. The van der Waals surface area contributed by atoms with Gasteiger partial charge < -0.3 is 28.6 Å². The summed E-state index contributed by atoms with van der Waals surface area (Å²) in [6.07, 6.45) is 8.93. The van der Waals surface area contributed by atoms with E-state index in [9.17, 15) is 0 Å². The van der Waals surface area contributed by atoms with Gasteiger partial charge in [-0.25, -0.2) is 9.97 Å². The number of imidazole rings is 1. The molecule has 2 aliphatic heterocycles. The summed E-state index contributed by atoms with van der Waals surface area (Å²) in [5.41, 5.74) is 2.10.